The Bertz CT molecular complexity index is 700. The zero-order chi connectivity index (χ0) is 15.4. The van der Waals surface area contributed by atoms with Crippen LogP contribution in [0.1, 0.15) is 11.3 Å². The molecular formula is C14H14N4O3. The second-order valence-corrected chi connectivity index (χ2v) is 4.48. The molecule has 108 valence electrons. The highest BCUT2D eigenvalue weighted by Gasteiger charge is 2.15. The number of nitrogen functional groups attached to an aromatic ring is 1. The van der Waals surface area contributed by atoms with Crippen LogP contribution in [0.3, 0.4) is 0 Å². The molecule has 1 aromatic heterocycles. The molecule has 2 rings (SSSR count). The normalized spacial score (nSPS) is 10.1. The summed E-state index contributed by atoms with van der Waals surface area (Å²) in [6.45, 7) is 1.73. The Labute approximate surface area is 121 Å². The van der Waals surface area contributed by atoms with Crippen molar-refractivity contribution in [2.75, 3.05) is 11.1 Å². The molecule has 3 N–H and O–H groups in total. The lowest BCUT2D eigenvalue weighted by Gasteiger charge is -2.07. The highest BCUT2D eigenvalue weighted by Crippen LogP contribution is 2.19. The second-order valence-electron chi connectivity index (χ2n) is 4.48. The van der Waals surface area contributed by atoms with Crippen molar-refractivity contribution in [1.29, 1.82) is 0 Å². The molecule has 0 spiro atoms. The van der Waals surface area contributed by atoms with Crippen molar-refractivity contribution in [3.63, 3.8) is 0 Å². The summed E-state index contributed by atoms with van der Waals surface area (Å²) in [4.78, 5) is 26.5. The number of carbonyl (C=O) groups excluding carboxylic acids is 1. The number of carbonyl (C=O) groups is 1. The van der Waals surface area contributed by atoms with Gasteiger partial charge in [-0.05, 0) is 19.1 Å². The highest BCUT2D eigenvalue weighted by molar-refractivity contribution is 5.92. The van der Waals surface area contributed by atoms with Crippen LogP contribution in [0.4, 0.5) is 17.2 Å². The lowest BCUT2D eigenvalue weighted by Crippen LogP contribution is -2.16. The van der Waals surface area contributed by atoms with E-state index in [0.717, 1.165) is 0 Å². The lowest BCUT2D eigenvalue weighted by atomic mass is 10.1. The number of aryl methyl sites for hydroxylation is 1. The van der Waals surface area contributed by atoms with Crippen LogP contribution in [0.2, 0.25) is 0 Å². The Kier molecular flexibility index (Phi) is 4.13. The van der Waals surface area contributed by atoms with Gasteiger partial charge in [-0.2, -0.15) is 0 Å². The van der Waals surface area contributed by atoms with Gasteiger partial charge in [0.1, 0.15) is 5.82 Å². The van der Waals surface area contributed by atoms with E-state index in [-0.39, 0.29) is 18.0 Å². The molecule has 0 saturated carbocycles. The molecule has 0 radical (unpaired) electrons. The van der Waals surface area contributed by atoms with Gasteiger partial charge in [-0.3, -0.25) is 14.9 Å². The molecule has 21 heavy (non-hydrogen) atoms. The van der Waals surface area contributed by atoms with Gasteiger partial charge >= 0.3 is 0 Å². The molecule has 0 unspecified atom stereocenters. The Hall–Kier alpha value is -2.96. The molecule has 0 aliphatic heterocycles. The van der Waals surface area contributed by atoms with Crippen molar-refractivity contribution in [3.05, 3.63) is 57.8 Å². The molecule has 1 aromatic carbocycles. The van der Waals surface area contributed by atoms with Gasteiger partial charge in [0.2, 0.25) is 5.91 Å². The van der Waals surface area contributed by atoms with Crippen LogP contribution in [0.25, 0.3) is 0 Å². The molecular weight excluding hydrogens is 272 g/mol. The Balaban J connectivity index is 2.12. The van der Waals surface area contributed by atoms with Crippen molar-refractivity contribution >= 4 is 23.1 Å². The standard InChI is InChI=1S/C14H14N4O3/c1-9-11(15)6-7-13(16-9)17-14(19)8-10-4-2-3-5-12(10)18(20)21/h2-7H,8,15H2,1H3,(H,16,17,19). The molecule has 7 heteroatoms. The number of hydrogen-bond acceptors (Lipinski definition) is 5. The third-order valence-electron chi connectivity index (χ3n) is 2.93. The summed E-state index contributed by atoms with van der Waals surface area (Å²) in [6, 6.07) is 9.36. The molecule has 0 aliphatic carbocycles. The van der Waals surface area contributed by atoms with Crippen LogP contribution in [-0.2, 0) is 11.2 Å². The largest absolute Gasteiger partial charge is 0.397 e. The summed E-state index contributed by atoms with van der Waals surface area (Å²) in [5.74, 6) is -0.00810. The Morgan fingerprint density at radius 2 is 2.05 bits per heavy atom. The molecule has 0 atom stereocenters. The van der Waals surface area contributed by atoms with Crippen molar-refractivity contribution in [2.45, 2.75) is 13.3 Å². The van der Waals surface area contributed by atoms with E-state index in [2.05, 4.69) is 10.3 Å². The number of nitrogens with zero attached hydrogens (tertiary/aromatic N) is 2. The fourth-order valence-corrected chi connectivity index (χ4v) is 1.84. The van der Waals surface area contributed by atoms with Gasteiger partial charge < -0.3 is 11.1 Å². The smallest absolute Gasteiger partial charge is 0.273 e. The number of nitrogens with two attached hydrogens (primary N) is 1. The summed E-state index contributed by atoms with van der Waals surface area (Å²) in [5, 5.41) is 13.5. The van der Waals surface area contributed by atoms with Gasteiger partial charge in [0.05, 0.1) is 22.7 Å². The van der Waals surface area contributed by atoms with Crippen molar-refractivity contribution in [2.24, 2.45) is 0 Å². The average Bonchev–Trinajstić information content (AvgIpc) is 2.43. The minimum Gasteiger partial charge on any atom is -0.397 e. The number of nitro benzene ring substituents is 1. The van der Waals surface area contributed by atoms with Crippen LogP contribution in [0, 0.1) is 17.0 Å². The van der Waals surface area contributed by atoms with Crippen LogP contribution in [0.15, 0.2) is 36.4 Å². The lowest BCUT2D eigenvalue weighted by molar-refractivity contribution is -0.385. The van der Waals surface area contributed by atoms with Gasteiger partial charge in [0.15, 0.2) is 0 Å². The summed E-state index contributed by atoms with van der Waals surface area (Å²) in [5.41, 5.74) is 7.07. The van der Waals surface area contributed by atoms with Crippen LogP contribution >= 0.6 is 0 Å². The minimum atomic E-state index is -0.506. The number of amides is 1. The predicted molar refractivity (Wildman–Crippen MR) is 78.8 cm³/mol. The first kappa shape index (κ1) is 14.4. The second kappa shape index (κ2) is 6.00. The molecule has 0 fully saturated rings. The number of benzene rings is 1. The van der Waals surface area contributed by atoms with Crippen molar-refractivity contribution < 1.29 is 9.72 Å². The maximum atomic E-state index is 11.9. The van der Waals surface area contributed by atoms with Gasteiger partial charge in [-0.25, -0.2) is 4.98 Å². The maximum Gasteiger partial charge on any atom is 0.273 e. The third kappa shape index (κ3) is 3.53. The summed E-state index contributed by atoms with van der Waals surface area (Å²) in [7, 11) is 0. The number of pyridine rings is 1. The average molecular weight is 286 g/mol. The Morgan fingerprint density at radius 1 is 1.33 bits per heavy atom. The van der Waals surface area contributed by atoms with Crippen LogP contribution in [0.5, 0.6) is 0 Å². The molecule has 0 bridgehead atoms. The highest BCUT2D eigenvalue weighted by atomic mass is 16.6. The third-order valence-corrected chi connectivity index (χ3v) is 2.93. The monoisotopic (exact) mass is 286 g/mol. The van der Waals surface area contributed by atoms with Crippen LogP contribution in [-0.4, -0.2) is 15.8 Å². The number of nitro groups is 1. The zero-order valence-corrected chi connectivity index (χ0v) is 11.4. The van der Waals surface area contributed by atoms with E-state index in [9.17, 15) is 14.9 Å². The number of anilines is 2. The quantitative estimate of drug-likeness (QED) is 0.660. The summed E-state index contributed by atoms with van der Waals surface area (Å²) < 4.78 is 0. The SMILES string of the molecule is Cc1nc(NC(=O)Cc2ccccc2[N+](=O)[O-])ccc1N. The zero-order valence-electron chi connectivity index (χ0n) is 11.4. The molecule has 2 aromatic rings. The van der Waals surface area contributed by atoms with Crippen LogP contribution < -0.4 is 11.1 Å². The molecule has 1 amide bonds. The number of aromatic nitrogens is 1. The number of nitrogens with one attached hydrogen (secondary N) is 1. The molecule has 7 nitrogen and oxygen atoms in total. The van der Waals surface area contributed by atoms with E-state index in [1.165, 1.54) is 6.07 Å². The number of rotatable bonds is 4. The topological polar surface area (TPSA) is 111 Å². The van der Waals surface area contributed by atoms with E-state index in [1.54, 1.807) is 37.3 Å². The number of hydrogen-bond donors (Lipinski definition) is 2. The fourth-order valence-electron chi connectivity index (χ4n) is 1.84. The predicted octanol–water partition coefficient (Wildman–Crippen LogP) is 2.06. The number of para-hydroxylation sites is 1. The maximum absolute atomic E-state index is 11.9. The minimum absolute atomic E-state index is 0.0749. The first-order valence-corrected chi connectivity index (χ1v) is 6.22. The van der Waals surface area contributed by atoms with Crippen molar-refractivity contribution in [1.82, 2.24) is 4.98 Å². The molecule has 0 aliphatic rings. The molecule has 1 heterocycles. The first-order chi connectivity index (χ1) is 9.97. The first-order valence-electron chi connectivity index (χ1n) is 6.22. The summed E-state index contributed by atoms with van der Waals surface area (Å²) in [6.07, 6.45) is -0.0950. The van der Waals surface area contributed by atoms with Gasteiger partial charge in [-0.1, -0.05) is 18.2 Å². The van der Waals surface area contributed by atoms with E-state index < -0.39 is 4.92 Å². The van der Waals surface area contributed by atoms with E-state index in [4.69, 9.17) is 5.73 Å². The van der Waals surface area contributed by atoms with Gasteiger partial charge in [0, 0.05) is 11.6 Å². The van der Waals surface area contributed by atoms with E-state index in [0.29, 0.717) is 22.8 Å². The van der Waals surface area contributed by atoms with E-state index in [1.807, 2.05) is 0 Å². The van der Waals surface area contributed by atoms with E-state index >= 15 is 0 Å². The summed E-state index contributed by atoms with van der Waals surface area (Å²) >= 11 is 0. The van der Waals surface area contributed by atoms with Gasteiger partial charge in [0.25, 0.3) is 5.69 Å². The molecule has 0 saturated heterocycles. The van der Waals surface area contributed by atoms with Crippen molar-refractivity contribution in [3.8, 4) is 0 Å². The Morgan fingerprint density at radius 3 is 2.71 bits per heavy atom. The fraction of sp³-hybridized carbons (Fsp3) is 0.143. The van der Waals surface area contributed by atoms with Gasteiger partial charge in [-0.15, -0.1) is 0 Å².